The Labute approximate surface area is 101 Å². The number of carbonyl (C=O) groups is 2. The standard InChI is InChI=1S/C11H12F3NO3/c1-8(16)5-10(17)15(7-11(12,13)14)6-9-3-2-4-18-9/h2-4H,5-7H2,1H3. The van der Waals surface area contributed by atoms with Crippen LogP contribution in [0.2, 0.25) is 0 Å². The summed E-state index contributed by atoms with van der Waals surface area (Å²) in [5.41, 5.74) is 0. The smallest absolute Gasteiger partial charge is 0.406 e. The highest BCUT2D eigenvalue weighted by molar-refractivity contribution is 5.96. The summed E-state index contributed by atoms with van der Waals surface area (Å²) in [5, 5.41) is 0. The Morgan fingerprint density at radius 2 is 2.06 bits per heavy atom. The minimum Gasteiger partial charge on any atom is -0.467 e. The van der Waals surface area contributed by atoms with E-state index >= 15 is 0 Å². The number of amides is 1. The molecule has 0 aliphatic heterocycles. The largest absolute Gasteiger partial charge is 0.467 e. The second-order valence-corrected chi connectivity index (χ2v) is 3.82. The number of Topliss-reactive ketones (excluding diaryl/α,β-unsaturated/α-hetero) is 1. The van der Waals surface area contributed by atoms with Crippen LogP contribution < -0.4 is 0 Å². The van der Waals surface area contributed by atoms with E-state index in [4.69, 9.17) is 4.42 Å². The lowest BCUT2D eigenvalue weighted by molar-refractivity contribution is -0.163. The summed E-state index contributed by atoms with van der Waals surface area (Å²) in [6, 6.07) is 2.97. The fraction of sp³-hybridized carbons (Fsp3) is 0.455. The van der Waals surface area contributed by atoms with Gasteiger partial charge in [-0.15, -0.1) is 0 Å². The molecule has 18 heavy (non-hydrogen) atoms. The van der Waals surface area contributed by atoms with Crippen LogP contribution in [0, 0.1) is 0 Å². The molecule has 1 aromatic rings. The molecule has 100 valence electrons. The molecule has 0 aliphatic carbocycles. The van der Waals surface area contributed by atoms with Gasteiger partial charge >= 0.3 is 6.18 Å². The molecule has 0 saturated carbocycles. The molecule has 1 heterocycles. The maximum absolute atomic E-state index is 12.3. The number of ketones is 1. The van der Waals surface area contributed by atoms with Crippen molar-refractivity contribution < 1.29 is 27.2 Å². The van der Waals surface area contributed by atoms with Crippen molar-refractivity contribution in [1.82, 2.24) is 4.90 Å². The topological polar surface area (TPSA) is 50.5 Å². The van der Waals surface area contributed by atoms with Crippen molar-refractivity contribution in [1.29, 1.82) is 0 Å². The monoisotopic (exact) mass is 263 g/mol. The van der Waals surface area contributed by atoms with E-state index in [-0.39, 0.29) is 12.3 Å². The van der Waals surface area contributed by atoms with Crippen LogP contribution in [0.5, 0.6) is 0 Å². The molecule has 0 aliphatic rings. The lowest BCUT2D eigenvalue weighted by Gasteiger charge is -2.22. The first kappa shape index (κ1) is 14.3. The summed E-state index contributed by atoms with van der Waals surface area (Å²) in [6.45, 7) is -0.561. The van der Waals surface area contributed by atoms with E-state index in [0.29, 0.717) is 4.90 Å². The van der Waals surface area contributed by atoms with Crippen LogP contribution in [0.25, 0.3) is 0 Å². The Morgan fingerprint density at radius 1 is 1.39 bits per heavy atom. The molecule has 1 aromatic heterocycles. The minimum atomic E-state index is -4.51. The van der Waals surface area contributed by atoms with Gasteiger partial charge in [-0.1, -0.05) is 0 Å². The van der Waals surface area contributed by atoms with Crippen LogP contribution in [0.1, 0.15) is 19.1 Å². The van der Waals surface area contributed by atoms with Crippen molar-refractivity contribution >= 4 is 11.7 Å². The molecule has 0 N–H and O–H groups in total. The maximum Gasteiger partial charge on any atom is 0.406 e. The van der Waals surface area contributed by atoms with Crippen molar-refractivity contribution in [2.75, 3.05) is 6.54 Å². The number of nitrogens with zero attached hydrogens (tertiary/aromatic N) is 1. The zero-order chi connectivity index (χ0) is 13.8. The molecule has 0 saturated heterocycles. The van der Waals surface area contributed by atoms with E-state index in [0.717, 1.165) is 6.92 Å². The second kappa shape index (κ2) is 5.70. The fourth-order valence-electron chi connectivity index (χ4n) is 1.36. The molecular formula is C11H12F3NO3. The van der Waals surface area contributed by atoms with E-state index in [1.165, 1.54) is 18.4 Å². The van der Waals surface area contributed by atoms with Crippen molar-refractivity contribution in [2.24, 2.45) is 0 Å². The normalized spacial score (nSPS) is 11.3. The Hall–Kier alpha value is -1.79. The Kier molecular flexibility index (Phi) is 4.52. The van der Waals surface area contributed by atoms with E-state index in [9.17, 15) is 22.8 Å². The van der Waals surface area contributed by atoms with Gasteiger partial charge in [-0.3, -0.25) is 9.59 Å². The van der Waals surface area contributed by atoms with Crippen LogP contribution in [0.4, 0.5) is 13.2 Å². The third-order valence-electron chi connectivity index (χ3n) is 2.05. The zero-order valence-corrected chi connectivity index (χ0v) is 9.66. The van der Waals surface area contributed by atoms with Crippen LogP contribution in [-0.2, 0) is 16.1 Å². The predicted molar refractivity (Wildman–Crippen MR) is 55.5 cm³/mol. The molecule has 0 aromatic carbocycles. The lowest BCUT2D eigenvalue weighted by atomic mass is 10.2. The Bertz CT molecular complexity index is 412. The second-order valence-electron chi connectivity index (χ2n) is 3.82. The van der Waals surface area contributed by atoms with Gasteiger partial charge in [0.2, 0.25) is 5.91 Å². The van der Waals surface area contributed by atoms with Crippen LogP contribution >= 0.6 is 0 Å². The number of hydrogen-bond donors (Lipinski definition) is 0. The van der Waals surface area contributed by atoms with E-state index in [2.05, 4.69) is 0 Å². The predicted octanol–water partition coefficient (Wildman–Crippen LogP) is 2.15. The SMILES string of the molecule is CC(=O)CC(=O)N(Cc1ccco1)CC(F)(F)F. The third kappa shape index (κ3) is 5.03. The highest BCUT2D eigenvalue weighted by Crippen LogP contribution is 2.19. The third-order valence-corrected chi connectivity index (χ3v) is 2.05. The quantitative estimate of drug-likeness (QED) is 0.765. The van der Waals surface area contributed by atoms with Gasteiger partial charge in [0.15, 0.2) is 0 Å². The van der Waals surface area contributed by atoms with Crippen molar-refractivity contribution in [3.63, 3.8) is 0 Å². The summed E-state index contributed by atoms with van der Waals surface area (Å²) in [6.07, 6.45) is -3.76. The van der Waals surface area contributed by atoms with E-state index < -0.39 is 30.8 Å². The molecule has 7 heteroatoms. The van der Waals surface area contributed by atoms with Gasteiger partial charge in [-0.25, -0.2) is 0 Å². The van der Waals surface area contributed by atoms with Gasteiger partial charge in [-0.05, 0) is 19.1 Å². The fourth-order valence-corrected chi connectivity index (χ4v) is 1.36. The summed E-state index contributed by atoms with van der Waals surface area (Å²) in [7, 11) is 0. The van der Waals surface area contributed by atoms with Crippen molar-refractivity contribution in [3.05, 3.63) is 24.2 Å². The molecule has 0 radical (unpaired) electrons. The number of hydrogen-bond acceptors (Lipinski definition) is 3. The first-order valence-corrected chi connectivity index (χ1v) is 5.14. The lowest BCUT2D eigenvalue weighted by Crippen LogP contribution is -2.39. The van der Waals surface area contributed by atoms with E-state index in [1.54, 1.807) is 0 Å². The van der Waals surface area contributed by atoms with Crippen LogP contribution in [0.3, 0.4) is 0 Å². The number of furan rings is 1. The first-order chi connectivity index (χ1) is 8.28. The molecule has 4 nitrogen and oxygen atoms in total. The van der Waals surface area contributed by atoms with Gasteiger partial charge in [0.25, 0.3) is 0 Å². The summed E-state index contributed by atoms with van der Waals surface area (Å²) in [5.74, 6) is -1.11. The van der Waals surface area contributed by atoms with Gasteiger partial charge in [0.05, 0.1) is 19.2 Å². The van der Waals surface area contributed by atoms with Crippen molar-refractivity contribution in [2.45, 2.75) is 26.1 Å². The van der Waals surface area contributed by atoms with Gasteiger partial charge in [0, 0.05) is 0 Å². The minimum absolute atomic E-state index is 0.233. The average Bonchev–Trinajstić information content (AvgIpc) is 2.66. The Balaban J connectivity index is 2.74. The number of rotatable bonds is 5. The molecule has 0 bridgehead atoms. The zero-order valence-electron chi connectivity index (χ0n) is 9.66. The van der Waals surface area contributed by atoms with Gasteiger partial charge in [0.1, 0.15) is 18.1 Å². The highest BCUT2D eigenvalue weighted by atomic mass is 19.4. The molecular weight excluding hydrogens is 251 g/mol. The number of carbonyl (C=O) groups excluding carboxylic acids is 2. The highest BCUT2D eigenvalue weighted by Gasteiger charge is 2.33. The molecule has 1 rings (SSSR count). The first-order valence-electron chi connectivity index (χ1n) is 5.14. The number of alkyl halides is 3. The molecule has 0 atom stereocenters. The van der Waals surface area contributed by atoms with Crippen LogP contribution in [-0.4, -0.2) is 29.3 Å². The molecule has 0 unspecified atom stereocenters. The molecule has 0 spiro atoms. The average molecular weight is 263 g/mol. The van der Waals surface area contributed by atoms with Crippen LogP contribution in [0.15, 0.2) is 22.8 Å². The maximum atomic E-state index is 12.3. The number of halogens is 3. The summed E-state index contributed by atoms with van der Waals surface area (Å²) >= 11 is 0. The Morgan fingerprint density at radius 3 is 2.50 bits per heavy atom. The molecule has 1 amide bonds. The van der Waals surface area contributed by atoms with E-state index in [1.807, 2.05) is 0 Å². The molecule has 0 fully saturated rings. The van der Waals surface area contributed by atoms with Crippen molar-refractivity contribution in [3.8, 4) is 0 Å². The summed E-state index contributed by atoms with van der Waals surface area (Å²) < 4.78 is 41.9. The van der Waals surface area contributed by atoms with Gasteiger partial charge in [-0.2, -0.15) is 13.2 Å². The van der Waals surface area contributed by atoms with Gasteiger partial charge < -0.3 is 9.32 Å². The summed E-state index contributed by atoms with van der Waals surface area (Å²) in [4.78, 5) is 22.9.